The van der Waals surface area contributed by atoms with Crippen LogP contribution >= 0.6 is 0 Å². The predicted octanol–water partition coefficient (Wildman–Crippen LogP) is 2.81. The fourth-order valence-electron chi connectivity index (χ4n) is 2.50. The van der Waals surface area contributed by atoms with E-state index in [1.54, 1.807) is 0 Å². The van der Waals surface area contributed by atoms with Crippen LogP contribution in [0, 0.1) is 19.8 Å². The third-order valence-corrected chi connectivity index (χ3v) is 3.67. The van der Waals surface area contributed by atoms with Crippen molar-refractivity contribution in [3.8, 4) is 5.69 Å². The fourth-order valence-corrected chi connectivity index (χ4v) is 2.50. The summed E-state index contributed by atoms with van der Waals surface area (Å²) in [6, 6.07) is 12.7. The van der Waals surface area contributed by atoms with Crippen molar-refractivity contribution in [2.45, 2.75) is 27.3 Å². The second kappa shape index (κ2) is 6.73. The quantitative estimate of drug-likeness (QED) is 0.848. The first-order valence-electron chi connectivity index (χ1n) is 7.18. The second-order valence-electron chi connectivity index (χ2n) is 5.49. The average molecular weight is 272 g/mol. The minimum Gasteiger partial charge on any atom is -0.396 e. The highest BCUT2D eigenvalue weighted by atomic mass is 16.3. The van der Waals surface area contributed by atoms with E-state index in [4.69, 9.17) is 5.11 Å². The average Bonchev–Trinajstić information content (AvgIpc) is 2.74. The standard InChI is InChI=1S/C17H24N2O/c1-13(12-20)10-18-11-16-9-14(2)19(15(16)3)17-7-5-4-6-8-17/h4-9,13,18,20H,10-12H2,1-3H3. The largest absolute Gasteiger partial charge is 0.396 e. The van der Waals surface area contributed by atoms with Gasteiger partial charge in [-0.1, -0.05) is 25.1 Å². The molecule has 2 rings (SSSR count). The van der Waals surface area contributed by atoms with Gasteiger partial charge in [0.2, 0.25) is 0 Å². The van der Waals surface area contributed by atoms with Gasteiger partial charge < -0.3 is 15.0 Å². The van der Waals surface area contributed by atoms with Crippen LogP contribution in [-0.2, 0) is 6.54 Å². The summed E-state index contributed by atoms with van der Waals surface area (Å²) in [5, 5.41) is 12.5. The summed E-state index contributed by atoms with van der Waals surface area (Å²) in [6.07, 6.45) is 0. The molecule has 3 heteroatoms. The molecular weight excluding hydrogens is 248 g/mol. The predicted molar refractivity (Wildman–Crippen MR) is 83.2 cm³/mol. The van der Waals surface area contributed by atoms with E-state index in [0.717, 1.165) is 13.1 Å². The van der Waals surface area contributed by atoms with Gasteiger partial charge in [-0.25, -0.2) is 0 Å². The van der Waals surface area contributed by atoms with Gasteiger partial charge in [-0.15, -0.1) is 0 Å². The molecule has 108 valence electrons. The number of aliphatic hydroxyl groups excluding tert-OH is 1. The highest BCUT2D eigenvalue weighted by Crippen LogP contribution is 2.20. The highest BCUT2D eigenvalue weighted by Gasteiger charge is 2.10. The normalized spacial score (nSPS) is 12.6. The lowest BCUT2D eigenvalue weighted by atomic mass is 10.2. The molecule has 0 saturated carbocycles. The lowest BCUT2D eigenvalue weighted by molar-refractivity contribution is 0.233. The molecule has 20 heavy (non-hydrogen) atoms. The lowest BCUT2D eigenvalue weighted by Gasteiger charge is -2.11. The molecule has 0 aliphatic carbocycles. The minimum absolute atomic E-state index is 0.232. The maximum Gasteiger partial charge on any atom is 0.0468 e. The smallest absolute Gasteiger partial charge is 0.0468 e. The van der Waals surface area contributed by atoms with E-state index >= 15 is 0 Å². The van der Waals surface area contributed by atoms with Gasteiger partial charge in [-0.3, -0.25) is 0 Å². The Morgan fingerprint density at radius 3 is 2.55 bits per heavy atom. The number of hydrogen-bond acceptors (Lipinski definition) is 2. The van der Waals surface area contributed by atoms with E-state index in [1.807, 2.05) is 13.0 Å². The molecule has 0 aliphatic rings. The first kappa shape index (κ1) is 14.8. The number of rotatable bonds is 6. The Hall–Kier alpha value is -1.58. The van der Waals surface area contributed by atoms with Crippen molar-refractivity contribution in [2.24, 2.45) is 5.92 Å². The van der Waals surface area contributed by atoms with E-state index < -0.39 is 0 Å². The molecule has 1 aromatic carbocycles. The van der Waals surface area contributed by atoms with Crippen LogP contribution in [0.25, 0.3) is 5.69 Å². The van der Waals surface area contributed by atoms with Crippen molar-refractivity contribution in [2.75, 3.05) is 13.2 Å². The third-order valence-electron chi connectivity index (χ3n) is 3.67. The zero-order valence-corrected chi connectivity index (χ0v) is 12.6. The summed E-state index contributed by atoms with van der Waals surface area (Å²) < 4.78 is 2.28. The van der Waals surface area contributed by atoms with Gasteiger partial charge in [0.05, 0.1) is 0 Å². The number of aliphatic hydroxyl groups is 1. The summed E-state index contributed by atoms with van der Waals surface area (Å²) in [6.45, 7) is 8.25. The van der Waals surface area contributed by atoms with E-state index in [0.29, 0.717) is 5.92 Å². The van der Waals surface area contributed by atoms with Gasteiger partial charge in [-0.2, -0.15) is 0 Å². The van der Waals surface area contributed by atoms with Crippen LogP contribution < -0.4 is 5.32 Å². The van der Waals surface area contributed by atoms with Gasteiger partial charge >= 0.3 is 0 Å². The number of aryl methyl sites for hydroxylation is 1. The molecule has 0 fully saturated rings. The van der Waals surface area contributed by atoms with E-state index in [2.05, 4.69) is 54.1 Å². The number of nitrogens with one attached hydrogen (secondary N) is 1. The third kappa shape index (κ3) is 3.30. The van der Waals surface area contributed by atoms with Crippen LogP contribution in [0.15, 0.2) is 36.4 Å². The van der Waals surface area contributed by atoms with Crippen molar-refractivity contribution < 1.29 is 5.11 Å². The molecule has 1 atom stereocenters. The number of para-hydroxylation sites is 1. The van der Waals surface area contributed by atoms with Gasteiger partial charge in [0.25, 0.3) is 0 Å². The Bertz CT molecular complexity index is 546. The molecule has 1 unspecified atom stereocenters. The first-order valence-corrected chi connectivity index (χ1v) is 7.18. The van der Waals surface area contributed by atoms with Crippen molar-refractivity contribution in [3.05, 3.63) is 53.3 Å². The summed E-state index contributed by atoms with van der Waals surface area (Å²) in [4.78, 5) is 0. The number of nitrogens with zero attached hydrogens (tertiary/aromatic N) is 1. The Morgan fingerprint density at radius 1 is 1.20 bits per heavy atom. The molecule has 0 spiro atoms. The molecule has 0 radical (unpaired) electrons. The molecule has 3 nitrogen and oxygen atoms in total. The number of hydrogen-bond donors (Lipinski definition) is 2. The van der Waals surface area contributed by atoms with E-state index in [-0.39, 0.29) is 6.61 Å². The molecule has 0 amide bonds. The topological polar surface area (TPSA) is 37.2 Å². The van der Waals surface area contributed by atoms with Gasteiger partial charge in [0.15, 0.2) is 0 Å². The molecular formula is C17H24N2O. The highest BCUT2D eigenvalue weighted by molar-refractivity contribution is 5.40. The maximum atomic E-state index is 9.04. The van der Waals surface area contributed by atoms with Crippen molar-refractivity contribution >= 4 is 0 Å². The fraction of sp³-hybridized carbons (Fsp3) is 0.412. The van der Waals surface area contributed by atoms with Crippen LogP contribution in [0.4, 0.5) is 0 Å². The van der Waals surface area contributed by atoms with Crippen LogP contribution in [0.1, 0.15) is 23.9 Å². The maximum absolute atomic E-state index is 9.04. The van der Waals surface area contributed by atoms with Gasteiger partial charge in [0.1, 0.15) is 0 Å². The number of aromatic nitrogens is 1. The molecule has 1 heterocycles. The number of benzene rings is 1. The zero-order chi connectivity index (χ0) is 14.5. The Balaban J connectivity index is 2.13. The van der Waals surface area contributed by atoms with E-state index in [1.165, 1.54) is 22.6 Å². The molecule has 2 aromatic rings. The Morgan fingerprint density at radius 2 is 1.90 bits per heavy atom. The molecule has 2 N–H and O–H groups in total. The summed E-state index contributed by atoms with van der Waals surface area (Å²) in [7, 11) is 0. The minimum atomic E-state index is 0.232. The summed E-state index contributed by atoms with van der Waals surface area (Å²) in [5.74, 6) is 0.299. The van der Waals surface area contributed by atoms with Gasteiger partial charge in [0, 0.05) is 36.8 Å². The first-order chi connectivity index (χ1) is 9.63. The molecule has 1 aromatic heterocycles. The summed E-state index contributed by atoms with van der Waals surface area (Å²) >= 11 is 0. The molecule has 0 aliphatic heterocycles. The van der Waals surface area contributed by atoms with Crippen molar-refractivity contribution in [3.63, 3.8) is 0 Å². The molecule has 0 bridgehead atoms. The summed E-state index contributed by atoms with van der Waals surface area (Å²) in [5.41, 5.74) is 5.05. The van der Waals surface area contributed by atoms with Gasteiger partial charge in [-0.05, 0) is 43.5 Å². The van der Waals surface area contributed by atoms with Crippen LogP contribution in [0.3, 0.4) is 0 Å². The van der Waals surface area contributed by atoms with Crippen LogP contribution in [0.5, 0.6) is 0 Å². The Labute approximate surface area is 121 Å². The monoisotopic (exact) mass is 272 g/mol. The van der Waals surface area contributed by atoms with Crippen molar-refractivity contribution in [1.29, 1.82) is 0 Å². The zero-order valence-electron chi connectivity index (χ0n) is 12.6. The lowest BCUT2D eigenvalue weighted by Crippen LogP contribution is -2.22. The SMILES string of the molecule is Cc1cc(CNCC(C)CO)c(C)n1-c1ccccc1. The van der Waals surface area contributed by atoms with E-state index in [9.17, 15) is 0 Å². The van der Waals surface area contributed by atoms with Crippen LogP contribution in [0.2, 0.25) is 0 Å². The Kier molecular flexibility index (Phi) is 4.99. The van der Waals surface area contributed by atoms with Crippen LogP contribution in [-0.4, -0.2) is 22.8 Å². The second-order valence-corrected chi connectivity index (χ2v) is 5.49. The molecule has 0 saturated heterocycles. The van der Waals surface area contributed by atoms with Crippen molar-refractivity contribution in [1.82, 2.24) is 9.88 Å².